The van der Waals surface area contributed by atoms with Gasteiger partial charge in [0.2, 0.25) is 15.9 Å². The summed E-state index contributed by atoms with van der Waals surface area (Å²) in [6.45, 7) is 1.49. The molecule has 0 aliphatic rings. The molecule has 0 saturated carbocycles. The summed E-state index contributed by atoms with van der Waals surface area (Å²) in [6.07, 6.45) is 0.286. The van der Waals surface area contributed by atoms with E-state index in [1.165, 1.54) is 13.0 Å². The Labute approximate surface area is 121 Å². The Morgan fingerprint density at radius 3 is 2.57 bits per heavy atom. The number of nitrogens with one attached hydrogen (secondary N) is 1. The second-order valence-corrected chi connectivity index (χ2v) is 6.14. The number of amides is 1. The number of hydrogen-bond acceptors (Lipinski definition) is 6. The maximum Gasteiger partial charge on any atom is 0.293 e. The molecule has 5 N–H and O–H groups in total. The zero-order valence-electron chi connectivity index (χ0n) is 11.3. The molecule has 116 valence electrons. The van der Waals surface area contributed by atoms with Crippen LogP contribution in [-0.2, 0) is 14.8 Å². The number of nitrogens with two attached hydrogens (primary N) is 2. The fraction of sp³-hybridized carbons (Fsp3) is 0.364. The first-order valence-corrected chi connectivity index (χ1v) is 7.46. The van der Waals surface area contributed by atoms with E-state index in [9.17, 15) is 23.3 Å². The number of nitrogens with zero attached hydrogens (tertiary/aromatic N) is 1. The molecule has 1 aromatic carbocycles. The summed E-state index contributed by atoms with van der Waals surface area (Å²) in [6, 6.07) is 2.15. The zero-order chi connectivity index (χ0) is 16.2. The molecule has 1 amide bonds. The van der Waals surface area contributed by atoms with Crippen LogP contribution in [0.25, 0.3) is 0 Å². The summed E-state index contributed by atoms with van der Waals surface area (Å²) >= 11 is 0. The molecule has 0 saturated heterocycles. The van der Waals surface area contributed by atoms with Crippen LogP contribution in [0.3, 0.4) is 0 Å². The molecule has 0 bridgehead atoms. The highest BCUT2D eigenvalue weighted by molar-refractivity contribution is 7.89. The Hall–Kier alpha value is -2.20. The number of nitro benzene ring substituents is 1. The van der Waals surface area contributed by atoms with E-state index in [1.54, 1.807) is 0 Å². The van der Waals surface area contributed by atoms with Crippen molar-refractivity contribution in [3.63, 3.8) is 0 Å². The van der Waals surface area contributed by atoms with Gasteiger partial charge in [-0.3, -0.25) is 14.9 Å². The van der Waals surface area contributed by atoms with Gasteiger partial charge in [0.25, 0.3) is 5.69 Å². The summed E-state index contributed by atoms with van der Waals surface area (Å²) in [4.78, 5) is 20.4. The number of carbonyl (C=O) groups is 1. The van der Waals surface area contributed by atoms with E-state index in [0.717, 1.165) is 6.07 Å². The summed E-state index contributed by atoms with van der Waals surface area (Å²) in [5.41, 5.74) is 10.1. The standard InChI is InChI=1S/C11H16N4O5S/c1-7-5-8(12)9(15(17)18)6-10(7)21(19,20)14-4-2-3-11(13)16/h5-6,14H,2-4,12H2,1H3,(H2,13,16). The SMILES string of the molecule is Cc1cc(N)c([N+](=O)[O-])cc1S(=O)(=O)NCCCC(N)=O. The van der Waals surface area contributed by atoms with Gasteiger partial charge in [-0.25, -0.2) is 13.1 Å². The summed E-state index contributed by atoms with van der Waals surface area (Å²) < 4.78 is 26.4. The van der Waals surface area contributed by atoms with E-state index < -0.39 is 26.5 Å². The molecule has 0 radical (unpaired) electrons. The molecule has 9 nitrogen and oxygen atoms in total. The van der Waals surface area contributed by atoms with Crippen LogP contribution in [0.5, 0.6) is 0 Å². The highest BCUT2D eigenvalue weighted by Crippen LogP contribution is 2.28. The number of anilines is 1. The Bertz CT molecular complexity index is 671. The van der Waals surface area contributed by atoms with Crippen molar-refractivity contribution in [2.75, 3.05) is 12.3 Å². The molecule has 0 atom stereocenters. The van der Waals surface area contributed by atoms with E-state index in [2.05, 4.69) is 4.72 Å². The average Bonchev–Trinajstić information content (AvgIpc) is 2.33. The lowest BCUT2D eigenvalue weighted by atomic mass is 10.2. The van der Waals surface area contributed by atoms with Crippen LogP contribution >= 0.6 is 0 Å². The predicted molar refractivity (Wildman–Crippen MR) is 75.9 cm³/mol. The number of sulfonamides is 1. The molecule has 0 aliphatic heterocycles. The number of nitrogen functional groups attached to an aromatic ring is 1. The topological polar surface area (TPSA) is 158 Å². The molecule has 1 aromatic rings. The van der Waals surface area contributed by atoms with Gasteiger partial charge in [-0.15, -0.1) is 0 Å². The number of hydrogen-bond donors (Lipinski definition) is 3. The first-order valence-electron chi connectivity index (χ1n) is 5.97. The first-order chi connectivity index (χ1) is 9.65. The van der Waals surface area contributed by atoms with Crippen LogP contribution in [0.4, 0.5) is 11.4 Å². The van der Waals surface area contributed by atoms with Crippen LogP contribution < -0.4 is 16.2 Å². The Morgan fingerprint density at radius 1 is 1.43 bits per heavy atom. The summed E-state index contributed by atoms with van der Waals surface area (Å²) in [5.74, 6) is -0.534. The van der Waals surface area contributed by atoms with Crippen molar-refractivity contribution in [2.45, 2.75) is 24.7 Å². The number of nitro groups is 1. The van der Waals surface area contributed by atoms with Gasteiger partial charge in [-0.1, -0.05) is 0 Å². The second-order valence-electron chi connectivity index (χ2n) is 4.40. The number of benzene rings is 1. The Balaban J connectivity index is 3.00. The lowest BCUT2D eigenvalue weighted by Crippen LogP contribution is -2.26. The van der Waals surface area contributed by atoms with E-state index in [1.807, 2.05) is 0 Å². The number of carbonyl (C=O) groups excluding carboxylic acids is 1. The molecule has 21 heavy (non-hydrogen) atoms. The maximum atomic E-state index is 12.1. The fourth-order valence-corrected chi connectivity index (χ4v) is 3.01. The minimum Gasteiger partial charge on any atom is -0.393 e. The van der Waals surface area contributed by atoms with E-state index in [-0.39, 0.29) is 30.0 Å². The van der Waals surface area contributed by atoms with E-state index >= 15 is 0 Å². The zero-order valence-corrected chi connectivity index (χ0v) is 12.1. The van der Waals surface area contributed by atoms with Gasteiger partial charge in [0.05, 0.1) is 9.82 Å². The van der Waals surface area contributed by atoms with Crippen LogP contribution in [0, 0.1) is 17.0 Å². The largest absolute Gasteiger partial charge is 0.393 e. The monoisotopic (exact) mass is 316 g/mol. The Kier molecular flexibility index (Phi) is 5.22. The smallest absolute Gasteiger partial charge is 0.293 e. The number of rotatable bonds is 7. The van der Waals surface area contributed by atoms with Gasteiger partial charge < -0.3 is 11.5 Å². The molecule has 0 fully saturated rings. The van der Waals surface area contributed by atoms with Crippen LogP contribution in [0.1, 0.15) is 18.4 Å². The third-order valence-corrected chi connectivity index (χ3v) is 4.31. The molecule has 0 aliphatic carbocycles. The molecule has 0 heterocycles. The quantitative estimate of drug-likeness (QED) is 0.278. The van der Waals surface area contributed by atoms with Crippen molar-refractivity contribution in [2.24, 2.45) is 5.73 Å². The highest BCUT2D eigenvalue weighted by atomic mass is 32.2. The summed E-state index contributed by atoms with van der Waals surface area (Å²) in [7, 11) is -3.92. The third kappa shape index (κ3) is 4.39. The van der Waals surface area contributed by atoms with Gasteiger partial charge in [0, 0.05) is 19.0 Å². The fourth-order valence-electron chi connectivity index (χ4n) is 1.69. The normalized spacial score (nSPS) is 11.3. The number of aryl methyl sites for hydroxylation is 1. The molecular weight excluding hydrogens is 300 g/mol. The van der Waals surface area contributed by atoms with Gasteiger partial charge in [-0.05, 0) is 25.0 Å². The highest BCUT2D eigenvalue weighted by Gasteiger charge is 2.22. The van der Waals surface area contributed by atoms with E-state index in [0.29, 0.717) is 5.56 Å². The average molecular weight is 316 g/mol. The molecule has 10 heteroatoms. The minimum absolute atomic E-state index is 0.00286. The lowest BCUT2D eigenvalue weighted by Gasteiger charge is -2.10. The Morgan fingerprint density at radius 2 is 2.05 bits per heavy atom. The van der Waals surface area contributed by atoms with Crippen molar-refractivity contribution in [3.05, 3.63) is 27.8 Å². The second kappa shape index (κ2) is 6.50. The molecule has 0 spiro atoms. The summed E-state index contributed by atoms with van der Waals surface area (Å²) in [5, 5.41) is 10.8. The van der Waals surface area contributed by atoms with Crippen LogP contribution in [-0.4, -0.2) is 25.8 Å². The van der Waals surface area contributed by atoms with Crippen molar-refractivity contribution in [1.29, 1.82) is 0 Å². The van der Waals surface area contributed by atoms with Gasteiger partial charge in [-0.2, -0.15) is 0 Å². The molecular formula is C11H16N4O5S. The lowest BCUT2D eigenvalue weighted by molar-refractivity contribution is -0.384. The molecule has 1 rings (SSSR count). The third-order valence-electron chi connectivity index (χ3n) is 2.70. The van der Waals surface area contributed by atoms with Gasteiger partial charge in [0.15, 0.2) is 0 Å². The molecule has 0 aromatic heterocycles. The maximum absolute atomic E-state index is 12.1. The van der Waals surface area contributed by atoms with E-state index in [4.69, 9.17) is 11.5 Å². The van der Waals surface area contributed by atoms with Gasteiger partial charge >= 0.3 is 0 Å². The van der Waals surface area contributed by atoms with Crippen LogP contribution in [0.2, 0.25) is 0 Å². The predicted octanol–water partition coefficient (Wildman–Crippen LogP) is 0.0292. The van der Waals surface area contributed by atoms with Crippen LogP contribution in [0.15, 0.2) is 17.0 Å². The van der Waals surface area contributed by atoms with Crippen molar-refractivity contribution < 1.29 is 18.1 Å². The first kappa shape index (κ1) is 16.9. The minimum atomic E-state index is -3.92. The van der Waals surface area contributed by atoms with Crippen molar-refractivity contribution >= 4 is 27.3 Å². The van der Waals surface area contributed by atoms with Crippen molar-refractivity contribution in [1.82, 2.24) is 4.72 Å². The number of primary amides is 1. The van der Waals surface area contributed by atoms with Gasteiger partial charge in [0.1, 0.15) is 5.69 Å². The molecule has 0 unspecified atom stereocenters. The van der Waals surface area contributed by atoms with Crippen molar-refractivity contribution in [3.8, 4) is 0 Å².